The molecule has 2 rings (SSSR count). The van der Waals surface area contributed by atoms with E-state index in [2.05, 4.69) is 4.98 Å². The first-order valence-electron chi connectivity index (χ1n) is 6.49. The van der Waals surface area contributed by atoms with Crippen molar-refractivity contribution in [2.45, 2.75) is 26.7 Å². The van der Waals surface area contributed by atoms with Crippen molar-refractivity contribution in [3.8, 4) is 0 Å². The van der Waals surface area contributed by atoms with Crippen LogP contribution in [0.15, 0.2) is 5.51 Å². The molecule has 0 saturated carbocycles. The van der Waals surface area contributed by atoms with Crippen LogP contribution < -0.4 is 0 Å². The molecule has 5 nitrogen and oxygen atoms in total. The number of rotatable bonds is 3. The second kappa shape index (κ2) is 6.14. The summed E-state index contributed by atoms with van der Waals surface area (Å²) in [6, 6.07) is 0. The summed E-state index contributed by atoms with van der Waals surface area (Å²) in [5.74, 6) is -0.402. The summed E-state index contributed by atoms with van der Waals surface area (Å²) in [6.45, 7) is 5.17. The van der Waals surface area contributed by atoms with Crippen LogP contribution in [-0.2, 0) is 9.53 Å². The molecule has 2 heterocycles. The van der Waals surface area contributed by atoms with Gasteiger partial charge >= 0.3 is 5.97 Å². The van der Waals surface area contributed by atoms with Crippen molar-refractivity contribution in [2.24, 2.45) is 5.92 Å². The summed E-state index contributed by atoms with van der Waals surface area (Å²) < 4.78 is 5.04. The fraction of sp³-hybridized carbons (Fsp3) is 0.615. The second-order valence-corrected chi connectivity index (χ2v) is 5.46. The van der Waals surface area contributed by atoms with Crippen molar-refractivity contribution in [1.82, 2.24) is 9.88 Å². The maximum Gasteiger partial charge on any atom is 0.310 e. The van der Waals surface area contributed by atoms with E-state index in [0.29, 0.717) is 24.6 Å². The molecule has 6 heteroatoms. The Bertz CT molecular complexity index is 472. The summed E-state index contributed by atoms with van der Waals surface area (Å²) in [7, 11) is 0. The molecule has 1 atom stereocenters. The first-order chi connectivity index (χ1) is 9.13. The molecular weight excluding hydrogens is 264 g/mol. The van der Waals surface area contributed by atoms with Gasteiger partial charge in [0.15, 0.2) is 0 Å². The molecule has 104 valence electrons. The average Bonchev–Trinajstić information content (AvgIpc) is 2.84. The molecule has 0 aromatic carbocycles. The smallest absolute Gasteiger partial charge is 0.310 e. The molecule has 0 radical (unpaired) electrons. The lowest BCUT2D eigenvalue weighted by molar-refractivity contribution is -0.149. The van der Waals surface area contributed by atoms with Gasteiger partial charge in [0.1, 0.15) is 4.88 Å². The van der Waals surface area contributed by atoms with Gasteiger partial charge in [0.25, 0.3) is 5.91 Å². The van der Waals surface area contributed by atoms with Crippen LogP contribution in [0.3, 0.4) is 0 Å². The summed E-state index contributed by atoms with van der Waals surface area (Å²) in [5, 5.41) is 0. The Morgan fingerprint density at radius 2 is 2.37 bits per heavy atom. The molecule has 1 aromatic rings. The minimum Gasteiger partial charge on any atom is -0.466 e. The lowest BCUT2D eigenvalue weighted by Gasteiger charge is -2.31. The van der Waals surface area contributed by atoms with Gasteiger partial charge in [0.2, 0.25) is 0 Å². The van der Waals surface area contributed by atoms with Crippen LogP contribution in [0.25, 0.3) is 0 Å². The third-order valence-corrected chi connectivity index (χ3v) is 4.18. The standard InChI is InChI=1S/C13H18N2O3S/c1-3-18-13(17)10-5-4-6-15(7-10)12(16)11-9(2)14-8-19-11/h8,10H,3-7H2,1-2H3/t10-/m0/s1. The monoisotopic (exact) mass is 282 g/mol. The predicted molar refractivity (Wildman–Crippen MR) is 72.1 cm³/mol. The van der Waals surface area contributed by atoms with Crippen molar-refractivity contribution < 1.29 is 14.3 Å². The number of aromatic nitrogens is 1. The third-order valence-electron chi connectivity index (χ3n) is 3.27. The number of piperidine rings is 1. The number of likely N-dealkylation sites (tertiary alicyclic amines) is 1. The normalized spacial score (nSPS) is 19.3. The van der Waals surface area contributed by atoms with E-state index in [-0.39, 0.29) is 17.8 Å². The van der Waals surface area contributed by atoms with Crippen molar-refractivity contribution in [3.63, 3.8) is 0 Å². The number of carbonyl (C=O) groups is 2. The summed E-state index contributed by atoms with van der Waals surface area (Å²) in [6.07, 6.45) is 1.64. The van der Waals surface area contributed by atoms with Crippen molar-refractivity contribution in [3.05, 3.63) is 16.1 Å². The number of ether oxygens (including phenoxy) is 1. The molecule has 1 saturated heterocycles. The topological polar surface area (TPSA) is 59.5 Å². The first kappa shape index (κ1) is 14.0. The van der Waals surface area contributed by atoms with E-state index in [9.17, 15) is 9.59 Å². The number of hydrogen-bond acceptors (Lipinski definition) is 5. The Balaban J connectivity index is 2.03. The van der Waals surface area contributed by atoms with E-state index in [1.54, 1.807) is 17.3 Å². The SMILES string of the molecule is CCOC(=O)[C@H]1CCCN(C(=O)c2scnc2C)C1. The van der Waals surface area contributed by atoms with Crippen LogP contribution in [-0.4, -0.2) is 41.5 Å². The van der Waals surface area contributed by atoms with Gasteiger partial charge in [0, 0.05) is 13.1 Å². The highest BCUT2D eigenvalue weighted by Crippen LogP contribution is 2.22. The highest BCUT2D eigenvalue weighted by molar-refractivity contribution is 7.11. The lowest BCUT2D eigenvalue weighted by atomic mass is 9.98. The van der Waals surface area contributed by atoms with Crippen LogP contribution in [0, 0.1) is 12.8 Å². The molecule has 19 heavy (non-hydrogen) atoms. The largest absolute Gasteiger partial charge is 0.466 e. The molecule has 1 aromatic heterocycles. The van der Waals surface area contributed by atoms with Crippen molar-refractivity contribution in [1.29, 1.82) is 0 Å². The lowest BCUT2D eigenvalue weighted by Crippen LogP contribution is -2.42. The second-order valence-electron chi connectivity index (χ2n) is 4.61. The molecule has 0 bridgehead atoms. The zero-order chi connectivity index (χ0) is 13.8. The Morgan fingerprint density at radius 3 is 3.00 bits per heavy atom. The Kier molecular flexibility index (Phi) is 4.52. The van der Waals surface area contributed by atoms with E-state index < -0.39 is 0 Å². The van der Waals surface area contributed by atoms with Gasteiger partial charge in [-0.25, -0.2) is 4.98 Å². The highest BCUT2D eigenvalue weighted by Gasteiger charge is 2.30. The molecular formula is C13H18N2O3S. The van der Waals surface area contributed by atoms with E-state index in [1.807, 2.05) is 6.92 Å². The van der Waals surface area contributed by atoms with Gasteiger partial charge < -0.3 is 9.64 Å². The highest BCUT2D eigenvalue weighted by atomic mass is 32.1. The van der Waals surface area contributed by atoms with Gasteiger partial charge in [-0.3, -0.25) is 9.59 Å². The Labute approximate surface area is 116 Å². The minimum atomic E-state index is -0.193. The van der Waals surface area contributed by atoms with Crippen LogP contribution >= 0.6 is 11.3 Å². The molecule has 0 unspecified atom stereocenters. The van der Waals surface area contributed by atoms with Crippen molar-refractivity contribution >= 4 is 23.2 Å². The molecule has 1 amide bonds. The third kappa shape index (κ3) is 3.12. The molecule has 1 aliphatic heterocycles. The van der Waals surface area contributed by atoms with E-state index in [1.165, 1.54) is 11.3 Å². The predicted octanol–water partition coefficient (Wildman–Crippen LogP) is 1.87. The van der Waals surface area contributed by atoms with Gasteiger partial charge in [0.05, 0.1) is 23.7 Å². The fourth-order valence-electron chi connectivity index (χ4n) is 2.26. The maximum atomic E-state index is 12.4. The van der Waals surface area contributed by atoms with Crippen LogP contribution in [0.5, 0.6) is 0 Å². The fourth-order valence-corrected chi connectivity index (χ4v) is 3.03. The van der Waals surface area contributed by atoms with Crippen LogP contribution in [0.4, 0.5) is 0 Å². The quantitative estimate of drug-likeness (QED) is 0.794. The number of carbonyl (C=O) groups excluding carboxylic acids is 2. The van der Waals surface area contributed by atoms with Crippen molar-refractivity contribution in [2.75, 3.05) is 19.7 Å². The molecule has 0 aliphatic carbocycles. The Morgan fingerprint density at radius 1 is 1.58 bits per heavy atom. The molecule has 0 spiro atoms. The first-order valence-corrected chi connectivity index (χ1v) is 7.37. The number of amides is 1. The van der Waals surface area contributed by atoms with Gasteiger partial charge in [-0.05, 0) is 26.7 Å². The van der Waals surface area contributed by atoms with Crippen LogP contribution in [0.2, 0.25) is 0 Å². The van der Waals surface area contributed by atoms with Crippen LogP contribution in [0.1, 0.15) is 35.1 Å². The Hall–Kier alpha value is -1.43. The van der Waals surface area contributed by atoms with Gasteiger partial charge in [-0.1, -0.05) is 0 Å². The van der Waals surface area contributed by atoms with E-state index in [0.717, 1.165) is 18.5 Å². The molecule has 0 N–H and O–H groups in total. The number of aryl methyl sites for hydroxylation is 1. The summed E-state index contributed by atoms with van der Waals surface area (Å²) in [5.41, 5.74) is 2.43. The zero-order valence-electron chi connectivity index (χ0n) is 11.2. The number of nitrogens with zero attached hydrogens (tertiary/aromatic N) is 2. The molecule has 1 fully saturated rings. The summed E-state index contributed by atoms with van der Waals surface area (Å²) >= 11 is 1.35. The van der Waals surface area contributed by atoms with Gasteiger partial charge in [-0.15, -0.1) is 11.3 Å². The number of hydrogen-bond donors (Lipinski definition) is 0. The maximum absolute atomic E-state index is 12.4. The minimum absolute atomic E-state index is 0.0194. The average molecular weight is 282 g/mol. The summed E-state index contributed by atoms with van der Waals surface area (Å²) in [4.78, 5) is 30.6. The van der Waals surface area contributed by atoms with E-state index >= 15 is 0 Å². The molecule has 1 aliphatic rings. The number of esters is 1. The number of thiazole rings is 1. The van der Waals surface area contributed by atoms with Gasteiger partial charge in [-0.2, -0.15) is 0 Å². The zero-order valence-corrected chi connectivity index (χ0v) is 12.0. The van der Waals surface area contributed by atoms with E-state index in [4.69, 9.17) is 4.74 Å².